The molecule has 6 heteroatoms. The van der Waals surface area contributed by atoms with Gasteiger partial charge in [0.15, 0.2) is 8.32 Å². The van der Waals surface area contributed by atoms with E-state index < -0.39 is 25.9 Å². The van der Waals surface area contributed by atoms with Gasteiger partial charge < -0.3 is 9.53 Å². The summed E-state index contributed by atoms with van der Waals surface area (Å²) in [6.07, 6.45) is 0.0313. The van der Waals surface area contributed by atoms with Crippen LogP contribution in [0.2, 0.25) is 18.1 Å². The minimum absolute atomic E-state index is 0.00757. The molecule has 1 N–H and O–H groups in total. The molecule has 0 bridgehead atoms. The summed E-state index contributed by atoms with van der Waals surface area (Å²) in [5.74, 6) is -2.10. The van der Waals surface area contributed by atoms with Crippen molar-refractivity contribution in [1.82, 2.24) is 0 Å². The fourth-order valence-electron chi connectivity index (χ4n) is 2.68. The predicted molar refractivity (Wildman–Crippen MR) is 110 cm³/mol. The molecule has 0 aliphatic carbocycles. The highest BCUT2D eigenvalue weighted by Crippen LogP contribution is 2.41. The summed E-state index contributed by atoms with van der Waals surface area (Å²) in [5.41, 5.74) is 1.81. The summed E-state index contributed by atoms with van der Waals surface area (Å²) in [6.45, 7) is 10.7. The molecule has 0 heterocycles. The second-order valence-corrected chi connectivity index (χ2v) is 13.3. The lowest BCUT2D eigenvalue weighted by atomic mass is 9.99. The second kappa shape index (κ2) is 8.53. The summed E-state index contributed by atoms with van der Waals surface area (Å²) in [7, 11) is -2.11. The van der Waals surface area contributed by atoms with E-state index in [2.05, 4.69) is 33.9 Å². The van der Waals surface area contributed by atoms with E-state index in [4.69, 9.17) is 9.53 Å². The Labute approximate surface area is 166 Å². The van der Waals surface area contributed by atoms with Crippen molar-refractivity contribution in [3.05, 3.63) is 59.7 Å². The molecule has 3 nitrogen and oxygen atoms in total. The van der Waals surface area contributed by atoms with Crippen LogP contribution in [0.25, 0.3) is 11.1 Å². The van der Waals surface area contributed by atoms with E-state index >= 15 is 0 Å². The summed E-state index contributed by atoms with van der Waals surface area (Å²) < 4.78 is 33.6. The molecule has 0 fully saturated rings. The molecule has 1 atom stereocenters. The fourth-order valence-corrected chi connectivity index (χ4v) is 4.00. The third-order valence-corrected chi connectivity index (χ3v) is 9.87. The van der Waals surface area contributed by atoms with Crippen LogP contribution < -0.4 is 0 Å². The van der Waals surface area contributed by atoms with Crippen molar-refractivity contribution in [3.63, 3.8) is 0 Å². The van der Waals surface area contributed by atoms with E-state index in [0.29, 0.717) is 17.5 Å². The zero-order valence-electron chi connectivity index (χ0n) is 17.1. The number of benzene rings is 2. The lowest BCUT2D eigenvalue weighted by Gasteiger charge is -2.39. The summed E-state index contributed by atoms with van der Waals surface area (Å²) >= 11 is 0. The minimum Gasteiger partial charge on any atom is -0.481 e. The molecule has 0 saturated heterocycles. The van der Waals surface area contributed by atoms with Crippen molar-refractivity contribution in [2.75, 3.05) is 0 Å². The molecule has 0 spiro atoms. The number of rotatable bonds is 7. The highest BCUT2D eigenvalue weighted by Gasteiger charge is 2.39. The summed E-state index contributed by atoms with van der Waals surface area (Å²) in [4.78, 5) is 11.1. The first-order valence-corrected chi connectivity index (χ1v) is 12.3. The number of hydrogen-bond acceptors (Lipinski definition) is 2. The van der Waals surface area contributed by atoms with Gasteiger partial charge in [0.1, 0.15) is 11.6 Å². The van der Waals surface area contributed by atoms with Crippen LogP contribution in [0, 0.1) is 11.6 Å². The van der Waals surface area contributed by atoms with Crippen molar-refractivity contribution >= 4 is 14.3 Å². The summed E-state index contributed by atoms with van der Waals surface area (Å²) in [5, 5.41) is 9.09. The SMILES string of the molecule is CC(C)(C)[Si](C)(C)O[C@H](CCC(=O)O)c1ccc(-c2ccc(F)cc2F)cc1. The molecule has 152 valence electrons. The first kappa shape index (κ1) is 22.2. The van der Waals surface area contributed by atoms with Gasteiger partial charge in [-0.25, -0.2) is 8.78 Å². The average molecular weight is 407 g/mol. The van der Waals surface area contributed by atoms with Gasteiger partial charge in [0.05, 0.1) is 6.10 Å². The van der Waals surface area contributed by atoms with Crippen molar-refractivity contribution in [1.29, 1.82) is 0 Å². The van der Waals surface area contributed by atoms with Crippen LogP contribution in [-0.2, 0) is 9.22 Å². The van der Waals surface area contributed by atoms with Crippen LogP contribution in [0.1, 0.15) is 45.3 Å². The zero-order valence-corrected chi connectivity index (χ0v) is 18.1. The largest absolute Gasteiger partial charge is 0.481 e. The van der Waals surface area contributed by atoms with Gasteiger partial charge in [0.2, 0.25) is 0 Å². The van der Waals surface area contributed by atoms with E-state index in [1.807, 2.05) is 12.1 Å². The van der Waals surface area contributed by atoms with Crippen LogP contribution in [0.5, 0.6) is 0 Å². The Morgan fingerprint density at radius 2 is 1.71 bits per heavy atom. The van der Waals surface area contributed by atoms with Gasteiger partial charge in [-0.2, -0.15) is 0 Å². The van der Waals surface area contributed by atoms with Gasteiger partial charge in [-0.15, -0.1) is 0 Å². The molecule has 0 aliphatic heterocycles. The molecule has 28 heavy (non-hydrogen) atoms. The zero-order chi connectivity index (χ0) is 21.1. The molecule has 2 rings (SSSR count). The first-order chi connectivity index (χ1) is 12.9. The Kier molecular flexibility index (Phi) is 6.78. The topological polar surface area (TPSA) is 46.5 Å². The van der Waals surface area contributed by atoms with Crippen LogP contribution >= 0.6 is 0 Å². The molecule has 0 amide bonds. The number of carboxylic acids is 1. The van der Waals surface area contributed by atoms with Gasteiger partial charge >= 0.3 is 5.97 Å². The predicted octanol–water partition coefficient (Wildman–Crippen LogP) is 6.56. The molecular formula is C22H28F2O3Si. The van der Waals surface area contributed by atoms with E-state index in [1.165, 1.54) is 12.1 Å². The maximum atomic E-state index is 14.0. The molecule has 0 aromatic heterocycles. The van der Waals surface area contributed by atoms with Crippen LogP contribution in [-0.4, -0.2) is 19.4 Å². The van der Waals surface area contributed by atoms with E-state index in [-0.39, 0.29) is 17.6 Å². The van der Waals surface area contributed by atoms with Gasteiger partial charge in [-0.05, 0) is 47.8 Å². The normalized spacial score (nSPS) is 13.4. The molecule has 0 saturated carbocycles. The maximum Gasteiger partial charge on any atom is 0.303 e. The minimum atomic E-state index is -2.11. The van der Waals surface area contributed by atoms with E-state index in [1.54, 1.807) is 12.1 Å². The van der Waals surface area contributed by atoms with Crippen LogP contribution in [0.4, 0.5) is 8.78 Å². The van der Waals surface area contributed by atoms with Gasteiger partial charge in [-0.3, -0.25) is 4.79 Å². The number of hydrogen-bond donors (Lipinski definition) is 1. The lowest BCUT2D eigenvalue weighted by Crippen LogP contribution is -2.41. The smallest absolute Gasteiger partial charge is 0.303 e. The first-order valence-electron chi connectivity index (χ1n) is 9.36. The molecule has 2 aromatic carbocycles. The Morgan fingerprint density at radius 3 is 2.21 bits per heavy atom. The Morgan fingerprint density at radius 1 is 1.11 bits per heavy atom. The van der Waals surface area contributed by atoms with Crippen LogP contribution in [0.3, 0.4) is 0 Å². The molecule has 2 aromatic rings. The highest BCUT2D eigenvalue weighted by molar-refractivity contribution is 6.74. The number of carboxylic acid groups (broad SMARTS) is 1. The Hall–Kier alpha value is -2.05. The lowest BCUT2D eigenvalue weighted by molar-refractivity contribution is -0.137. The number of carbonyl (C=O) groups is 1. The average Bonchev–Trinajstić information content (AvgIpc) is 2.58. The maximum absolute atomic E-state index is 14.0. The quantitative estimate of drug-likeness (QED) is 0.530. The number of halogens is 2. The third kappa shape index (κ3) is 5.48. The molecular weight excluding hydrogens is 378 g/mol. The fraction of sp³-hybridized carbons (Fsp3) is 0.409. The highest BCUT2D eigenvalue weighted by atomic mass is 28.4. The number of aliphatic carboxylic acids is 1. The van der Waals surface area contributed by atoms with Gasteiger partial charge in [-0.1, -0.05) is 45.0 Å². The van der Waals surface area contributed by atoms with Crippen molar-refractivity contribution in [2.45, 2.75) is 57.8 Å². The monoisotopic (exact) mass is 406 g/mol. The van der Waals surface area contributed by atoms with E-state index in [0.717, 1.165) is 11.6 Å². The van der Waals surface area contributed by atoms with Gasteiger partial charge in [0, 0.05) is 18.1 Å². The Balaban J connectivity index is 2.31. The standard InChI is InChI=1S/C22H28F2O3Si/c1-22(2,3)28(4,5)27-20(12-13-21(25)26)16-8-6-15(7-9-16)18-11-10-17(23)14-19(18)24/h6-11,14,20H,12-13H2,1-5H3,(H,25,26)/t20-/m1/s1. The summed E-state index contributed by atoms with van der Waals surface area (Å²) in [6, 6.07) is 10.7. The van der Waals surface area contributed by atoms with Crippen molar-refractivity contribution in [3.8, 4) is 11.1 Å². The molecule has 0 radical (unpaired) electrons. The van der Waals surface area contributed by atoms with Crippen LogP contribution in [0.15, 0.2) is 42.5 Å². The van der Waals surface area contributed by atoms with E-state index in [9.17, 15) is 13.6 Å². The molecule has 0 unspecified atom stereocenters. The second-order valence-electron chi connectivity index (χ2n) is 8.55. The Bertz CT molecular complexity index is 827. The third-order valence-electron chi connectivity index (χ3n) is 5.39. The van der Waals surface area contributed by atoms with Crippen molar-refractivity contribution in [2.24, 2.45) is 0 Å². The van der Waals surface area contributed by atoms with Gasteiger partial charge in [0.25, 0.3) is 0 Å². The van der Waals surface area contributed by atoms with Crippen molar-refractivity contribution < 1.29 is 23.1 Å². The molecule has 0 aliphatic rings.